The fraction of sp³-hybridized carbons (Fsp3) is 0.0833. The molecule has 3 N–H and O–H groups in total. The lowest BCUT2D eigenvalue weighted by atomic mass is 10.2. The molecule has 0 aliphatic heterocycles. The van der Waals surface area contributed by atoms with Gasteiger partial charge in [-0.2, -0.15) is 0 Å². The van der Waals surface area contributed by atoms with Crippen LogP contribution < -0.4 is 11.1 Å². The van der Waals surface area contributed by atoms with Crippen LogP contribution in [0.15, 0.2) is 30.3 Å². The zero-order valence-corrected chi connectivity index (χ0v) is 9.17. The van der Waals surface area contributed by atoms with E-state index < -0.39 is 11.6 Å². The SMILES string of the molecule is Cc1ccc(F)c(Nc2cccc(N)n2)c1F. The number of hydrogen-bond acceptors (Lipinski definition) is 3. The quantitative estimate of drug-likeness (QED) is 0.841. The number of nitrogens with one attached hydrogen (secondary N) is 1. The van der Waals surface area contributed by atoms with Crippen LogP contribution in [0.4, 0.5) is 26.1 Å². The Morgan fingerprint density at radius 2 is 1.94 bits per heavy atom. The molecule has 0 spiro atoms. The van der Waals surface area contributed by atoms with E-state index in [4.69, 9.17) is 5.73 Å². The van der Waals surface area contributed by atoms with Crippen molar-refractivity contribution >= 4 is 17.3 Å². The van der Waals surface area contributed by atoms with E-state index in [0.717, 1.165) is 0 Å². The number of hydrogen-bond donors (Lipinski definition) is 2. The van der Waals surface area contributed by atoms with E-state index in [-0.39, 0.29) is 11.5 Å². The van der Waals surface area contributed by atoms with E-state index in [1.807, 2.05) is 0 Å². The van der Waals surface area contributed by atoms with Gasteiger partial charge < -0.3 is 11.1 Å². The zero-order valence-electron chi connectivity index (χ0n) is 9.17. The van der Waals surface area contributed by atoms with E-state index in [2.05, 4.69) is 10.3 Å². The fourth-order valence-electron chi connectivity index (χ4n) is 1.42. The molecular formula is C12H11F2N3. The van der Waals surface area contributed by atoms with Crippen LogP contribution >= 0.6 is 0 Å². The topological polar surface area (TPSA) is 50.9 Å². The van der Waals surface area contributed by atoms with Gasteiger partial charge in [0, 0.05) is 0 Å². The number of halogens is 2. The summed E-state index contributed by atoms with van der Waals surface area (Å²) in [4.78, 5) is 3.91. The van der Waals surface area contributed by atoms with Crippen molar-refractivity contribution in [3.63, 3.8) is 0 Å². The lowest BCUT2D eigenvalue weighted by Crippen LogP contribution is -2.02. The van der Waals surface area contributed by atoms with Crippen molar-refractivity contribution in [2.45, 2.75) is 6.92 Å². The summed E-state index contributed by atoms with van der Waals surface area (Å²) in [7, 11) is 0. The molecule has 0 radical (unpaired) electrons. The number of aromatic nitrogens is 1. The molecule has 1 aromatic carbocycles. The van der Waals surface area contributed by atoms with Gasteiger partial charge in [0.25, 0.3) is 0 Å². The monoisotopic (exact) mass is 235 g/mol. The van der Waals surface area contributed by atoms with Crippen LogP contribution in [0.1, 0.15) is 5.56 Å². The Balaban J connectivity index is 2.39. The number of rotatable bonds is 2. The number of benzene rings is 1. The molecular weight excluding hydrogens is 224 g/mol. The van der Waals surface area contributed by atoms with Gasteiger partial charge in [-0.1, -0.05) is 12.1 Å². The summed E-state index contributed by atoms with van der Waals surface area (Å²) in [6, 6.07) is 7.40. The van der Waals surface area contributed by atoms with E-state index in [0.29, 0.717) is 11.4 Å². The maximum Gasteiger partial charge on any atom is 0.152 e. The molecule has 88 valence electrons. The largest absolute Gasteiger partial charge is 0.384 e. The smallest absolute Gasteiger partial charge is 0.152 e. The van der Waals surface area contributed by atoms with Crippen LogP contribution in [0.25, 0.3) is 0 Å². The summed E-state index contributed by atoms with van der Waals surface area (Å²) in [5.41, 5.74) is 5.62. The third-order valence-corrected chi connectivity index (χ3v) is 2.31. The first kappa shape index (κ1) is 11.3. The summed E-state index contributed by atoms with van der Waals surface area (Å²) in [6.07, 6.45) is 0. The molecule has 17 heavy (non-hydrogen) atoms. The Morgan fingerprint density at radius 3 is 2.65 bits per heavy atom. The first-order valence-corrected chi connectivity index (χ1v) is 5.02. The average Bonchev–Trinajstić information content (AvgIpc) is 2.30. The minimum Gasteiger partial charge on any atom is -0.384 e. The standard InChI is InChI=1S/C12H11F2N3/c1-7-5-6-8(13)12(11(7)14)17-10-4-2-3-9(15)16-10/h2-6H,1H3,(H3,15,16,17). The number of aryl methyl sites for hydroxylation is 1. The van der Waals surface area contributed by atoms with Crippen LogP contribution in [0.3, 0.4) is 0 Å². The van der Waals surface area contributed by atoms with Gasteiger partial charge in [-0.15, -0.1) is 0 Å². The molecule has 0 bridgehead atoms. The van der Waals surface area contributed by atoms with Crippen molar-refractivity contribution in [3.05, 3.63) is 47.5 Å². The number of nitrogens with two attached hydrogens (primary N) is 1. The van der Waals surface area contributed by atoms with Gasteiger partial charge in [0.1, 0.15) is 23.1 Å². The molecule has 5 heteroatoms. The van der Waals surface area contributed by atoms with Crippen molar-refractivity contribution in [1.29, 1.82) is 0 Å². The average molecular weight is 235 g/mol. The predicted octanol–water partition coefficient (Wildman–Crippen LogP) is 2.99. The van der Waals surface area contributed by atoms with Crippen LogP contribution in [0, 0.1) is 18.6 Å². The Labute approximate surface area is 97.3 Å². The first-order valence-electron chi connectivity index (χ1n) is 5.02. The molecule has 0 amide bonds. The van der Waals surface area contributed by atoms with Gasteiger partial charge in [0.05, 0.1) is 0 Å². The minimum atomic E-state index is -0.669. The highest BCUT2D eigenvalue weighted by Gasteiger charge is 2.11. The molecule has 0 aliphatic carbocycles. The van der Waals surface area contributed by atoms with Crippen LogP contribution in [-0.2, 0) is 0 Å². The minimum absolute atomic E-state index is 0.219. The molecule has 0 atom stereocenters. The summed E-state index contributed by atoms with van der Waals surface area (Å²) >= 11 is 0. The molecule has 3 nitrogen and oxygen atoms in total. The Kier molecular flexibility index (Phi) is 2.91. The van der Waals surface area contributed by atoms with Crippen molar-refractivity contribution in [1.82, 2.24) is 4.98 Å². The van der Waals surface area contributed by atoms with Gasteiger partial charge in [-0.05, 0) is 30.7 Å². The molecule has 2 rings (SSSR count). The second-order valence-corrected chi connectivity index (χ2v) is 3.63. The Morgan fingerprint density at radius 1 is 1.18 bits per heavy atom. The Hall–Kier alpha value is -2.17. The second kappa shape index (κ2) is 4.37. The van der Waals surface area contributed by atoms with E-state index >= 15 is 0 Å². The van der Waals surface area contributed by atoms with Crippen LogP contribution in [0.2, 0.25) is 0 Å². The molecule has 1 aromatic heterocycles. The predicted molar refractivity (Wildman–Crippen MR) is 63.0 cm³/mol. The highest BCUT2D eigenvalue weighted by Crippen LogP contribution is 2.24. The van der Waals surface area contributed by atoms with Crippen molar-refractivity contribution in [3.8, 4) is 0 Å². The third-order valence-electron chi connectivity index (χ3n) is 2.31. The van der Waals surface area contributed by atoms with Crippen LogP contribution in [-0.4, -0.2) is 4.98 Å². The van der Waals surface area contributed by atoms with Gasteiger partial charge in [0.15, 0.2) is 5.82 Å². The first-order chi connectivity index (χ1) is 8.08. The fourth-order valence-corrected chi connectivity index (χ4v) is 1.42. The summed E-state index contributed by atoms with van der Waals surface area (Å²) in [5.74, 6) is -0.719. The van der Waals surface area contributed by atoms with Gasteiger partial charge in [-0.25, -0.2) is 13.8 Å². The second-order valence-electron chi connectivity index (χ2n) is 3.63. The van der Waals surface area contributed by atoms with E-state index in [1.165, 1.54) is 12.1 Å². The molecule has 0 saturated heterocycles. The Bertz CT molecular complexity index is 555. The van der Waals surface area contributed by atoms with Crippen molar-refractivity contribution in [2.75, 3.05) is 11.1 Å². The molecule has 0 fully saturated rings. The maximum atomic E-state index is 13.7. The van der Waals surface area contributed by atoms with Crippen molar-refractivity contribution in [2.24, 2.45) is 0 Å². The maximum absolute atomic E-state index is 13.7. The summed E-state index contributed by atoms with van der Waals surface area (Å²) < 4.78 is 27.1. The highest BCUT2D eigenvalue weighted by atomic mass is 19.1. The van der Waals surface area contributed by atoms with E-state index in [9.17, 15) is 8.78 Å². The number of anilines is 3. The lowest BCUT2D eigenvalue weighted by Gasteiger charge is -2.09. The van der Waals surface area contributed by atoms with Crippen LogP contribution in [0.5, 0.6) is 0 Å². The summed E-state index contributed by atoms with van der Waals surface area (Å²) in [6.45, 7) is 1.56. The molecule has 1 heterocycles. The van der Waals surface area contributed by atoms with Gasteiger partial charge in [-0.3, -0.25) is 0 Å². The van der Waals surface area contributed by atoms with E-state index in [1.54, 1.807) is 25.1 Å². The number of nitrogen functional groups attached to an aromatic ring is 1. The highest BCUT2D eigenvalue weighted by molar-refractivity contribution is 5.60. The molecule has 2 aromatic rings. The normalized spacial score (nSPS) is 10.3. The molecule has 0 unspecified atom stereocenters. The molecule has 0 aliphatic rings. The summed E-state index contributed by atoms with van der Waals surface area (Å²) in [5, 5.41) is 2.58. The van der Waals surface area contributed by atoms with Gasteiger partial charge >= 0.3 is 0 Å². The zero-order chi connectivity index (χ0) is 12.4. The van der Waals surface area contributed by atoms with Crippen molar-refractivity contribution < 1.29 is 8.78 Å². The third kappa shape index (κ3) is 2.33. The van der Waals surface area contributed by atoms with Gasteiger partial charge in [0.2, 0.25) is 0 Å². The lowest BCUT2D eigenvalue weighted by molar-refractivity contribution is 0.584. The molecule has 0 saturated carbocycles. The number of nitrogens with zero attached hydrogens (tertiary/aromatic N) is 1. The number of pyridine rings is 1.